The first kappa shape index (κ1) is 19.1. The van der Waals surface area contributed by atoms with Crippen LogP contribution in [0.2, 0.25) is 0 Å². The number of aliphatic hydroxyl groups is 2. The molecule has 2 aromatic rings. The standard InChI is InChI=1S/C21H24O6/c1-25-20-14-5-3-4-6-15(22)12-17(23)13-7-9-16(10-8-13)27-18(11-14)21(26-2)19(20)24/h3,5,7-11,15,17,22-24H,4,6,12H2,1-2H3/b5-3-/t15-,17-/m0/s1. The summed E-state index contributed by atoms with van der Waals surface area (Å²) in [6.07, 6.45) is 3.71. The van der Waals surface area contributed by atoms with Crippen molar-refractivity contribution in [2.75, 3.05) is 14.2 Å². The van der Waals surface area contributed by atoms with Gasteiger partial charge in [-0.05, 0) is 36.6 Å². The zero-order valence-electron chi connectivity index (χ0n) is 15.4. The molecule has 4 bridgehead atoms. The van der Waals surface area contributed by atoms with Crippen LogP contribution in [0, 0.1) is 0 Å². The van der Waals surface area contributed by atoms with Gasteiger partial charge in [0.1, 0.15) is 5.75 Å². The Kier molecular flexibility index (Phi) is 5.88. The number of rotatable bonds is 2. The first-order valence-electron chi connectivity index (χ1n) is 8.82. The van der Waals surface area contributed by atoms with E-state index in [0.717, 1.165) is 0 Å². The van der Waals surface area contributed by atoms with Crippen LogP contribution in [0.3, 0.4) is 0 Å². The average Bonchev–Trinajstić information content (AvgIpc) is 2.66. The minimum atomic E-state index is -0.747. The molecule has 2 atom stereocenters. The number of hydrogen-bond acceptors (Lipinski definition) is 6. The van der Waals surface area contributed by atoms with Gasteiger partial charge in [-0.25, -0.2) is 0 Å². The summed E-state index contributed by atoms with van der Waals surface area (Å²) in [4.78, 5) is 0. The van der Waals surface area contributed by atoms with Crippen LogP contribution in [-0.2, 0) is 0 Å². The van der Waals surface area contributed by atoms with Crippen molar-refractivity contribution in [3.05, 3.63) is 47.5 Å². The van der Waals surface area contributed by atoms with E-state index in [4.69, 9.17) is 14.2 Å². The van der Waals surface area contributed by atoms with Gasteiger partial charge < -0.3 is 29.5 Å². The summed E-state index contributed by atoms with van der Waals surface area (Å²) in [5, 5.41) is 31.0. The minimum Gasteiger partial charge on any atom is -0.502 e. The van der Waals surface area contributed by atoms with Crippen LogP contribution in [0.25, 0.3) is 6.08 Å². The average molecular weight is 372 g/mol. The summed E-state index contributed by atoms with van der Waals surface area (Å²) in [6, 6.07) is 8.68. The van der Waals surface area contributed by atoms with Crippen molar-refractivity contribution in [1.82, 2.24) is 0 Å². The first-order chi connectivity index (χ1) is 13.0. The molecule has 27 heavy (non-hydrogen) atoms. The Balaban J connectivity index is 2.09. The van der Waals surface area contributed by atoms with Gasteiger partial charge in [0.05, 0.1) is 26.4 Å². The molecule has 0 fully saturated rings. The Bertz CT molecular complexity index is 812. The number of allylic oxidation sites excluding steroid dienone is 1. The lowest BCUT2D eigenvalue weighted by atomic mass is 10.0. The van der Waals surface area contributed by atoms with Crippen molar-refractivity contribution in [3.8, 4) is 28.7 Å². The van der Waals surface area contributed by atoms with Crippen molar-refractivity contribution in [3.63, 3.8) is 0 Å². The van der Waals surface area contributed by atoms with Gasteiger partial charge in [0.15, 0.2) is 11.5 Å². The van der Waals surface area contributed by atoms with Crippen LogP contribution in [0.15, 0.2) is 36.4 Å². The van der Waals surface area contributed by atoms with E-state index >= 15 is 0 Å². The lowest BCUT2D eigenvalue weighted by Gasteiger charge is -2.17. The van der Waals surface area contributed by atoms with Gasteiger partial charge in [0.2, 0.25) is 11.5 Å². The number of fused-ring (bicyclic) bond motifs is 7. The number of phenolic OH excluding ortho intramolecular Hbond substituents is 1. The topological polar surface area (TPSA) is 88.4 Å². The number of phenols is 1. The Hall–Kier alpha value is -2.70. The van der Waals surface area contributed by atoms with E-state index in [1.165, 1.54) is 14.2 Å². The van der Waals surface area contributed by atoms with Gasteiger partial charge in [-0.1, -0.05) is 24.3 Å². The molecule has 0 saturated heterocycles. The lowest BCUT2D eigenvalue weighted by Crippen LogP contribution is -2.11. The zero-order chi connectivity index (χ0) is 19.4. The molecule has 3 N–H and O–H groups in total. The monoisotopic (exact) mass is 372 g/mol. The maximum absolute atomic E-state index is 10.5. The smallest absolute Gasteiger partial charge is 0.207 e. The lowest BCUT2D eigenvalue weighted by molar-refractivity contribution is 0.0761. The van der Waals surface area contributed by atoms with E-state index in [-0.39, 0.29) is 23.7 Å². The first-order valence-corrected chi connectivity index (χ1v) is 8.82. The fraction of sp³-hybridized carbons (Fsp3) is 0.333. The molecule has 6 heteroatoms. The highest BCUT2D eigenvalue weighted by Gasteiger charge is 2.20. The van der Waals surface area contributed by atoms with Crippen LogP contribution in [0.5, 0.6) is 28.7 Å². The Morgan fingerprint density at radius 2 is 1.74 bits per heavy atom. The number of ether oxygens (including phenoxy) is 3. The molecule has 0 saturated carbocycles. The predicted molar refractivity (Wildman–Crippen MR) is 102 cm³/mol. The molecule has 0 aromatic heterocycles. The summed E-state index contributed by atoms with van der Waals surface area (Å²) in [5.74, 6) is 1.19. The highest BCUT2D eigenvalue weighted by Crippen LogP contribution is 2.47. The molecule has 2 aliphatic heterocycles. The third kappa shape index (κ3) is 4.18. The summed E-state index contributed by atoms with van der Waals surface area (Å²) in [6.45, 7) is 0. The van der Waals surface area contributed by atoms with Crippen molar-refractivity contribution < 1.29 is 29.5 Å². The third-order valence-electron chi connectivity index (χ3n) is 4.56. The van der Waals surface area contributed by atoms with Crippen LogP contribution >= 0.6 is 0 Å². The molecule has 2 aromatic carbocycles. The van der Waals surface area contributed by atoms with Crippen molar-refractivity contribution in [1.29, 1.82) is 0 Å². The highest BCUT2D eigenvalue weighted by atomic mass is 16.5. The SMILES string of the molecule is COc1c2cc(c(OC)c1O)Oc1ccc(cc1)[C@@H](O)C[C@@H](O)CC/C=C\2. The molecule has 0 unspecified atom stereocenters. The van der Waals surface area contributed by atoms with Crippen LogP contribution in [0.1, 0.15) is 36.5 Å². The maximum atomic E-state index is 10.5. The minimum absolute atomic E-state index is 0.145. The van der Waals surface area contributed by atoms with E-state index in [9.17, 15) is 15.3 Å². The van der Waals surface area contributed by atoms with Crippen LogP contribution < -0.4 is 14.2 Å². The zero-order valence-corrected chi connectivity index (χ0v) is 15.4. The molecule has 2 aliphatic rings. The number of aromatic hydroxyl groups is 1. The van der Waals surface area contributed by atoms with Gasteiger partial charge >= 0.3 is 0 Å². The summed E-state index contributed by atoms with van der Waals surface area (Å²) in [7, 11) is 2.92. The molecule has 144 valence electrons. The van der Waals surface area contributed by atoms with Crippen LogP contribution in [-0.4, -0.2) is 35.6 Å². The van der Waals surface area contributed by atoms with Crippen molar-refractivity contribution in [2.45, 2.75) is 31.5 Å². The van der Waals surface area contributed by atoms with E-state index in [1.807, 2.05) is 6.08 Å². The summed E-state index contributed by atoms with van der Waals surface area (Å²) in [5.41, 5.74) is 1.34. The van der Waals surface area contributed by atoms with E-state index < -0.39 is 12.2 Å². The van der Waals surface area contributed by atoms with Crippen LogP contribution in [0.4, 0.5) is 0 Å². The van der Waals surface area contributed by atoms with Crippen molar-refractivity contribution in [2.24, 2.45) is 0 Å². The van der Waals surface area contributed by atoms with E-state index in [0.29, 0.717) is 35.5 Å². The molecule has 0 radical (unpaired) electrons. The molecular weight excluding hydrogens is 348 g/mol. The predicted octanol–water partition coefficient (Wildman–Crippen LogP) is 3.79. The maximum Gasteiger partial charge on any atom is 0.207 e. The molecule has 4 rings (SSSR count). The quantitative estimate of drug-likeness (QED) is 0.743. The number of hydrogen-bond donors (Lipinski definition) is 3. The van der Waals surface area contributed by atoms with Gasteiger partial charge in [0, 0.05) is 12.0 Å². The summed E-state index contributed by atoms with van der Waals surface area (Å²) >= 11 is 0. The second-order valence-electron chi connectivity index (χ2n) is 6.44. The second-order valence-corrected chi connectivity index (χ2v) is 6.44. The molecule has 2 heterocycles. The van der Waals surface area contributed by atoms with Gasteiger partial charge in [-0.2, -0.15) is 0 Å². The Morgan fingerprint density at radius 3 is 2.41 bits per heavy atom. The van der Waals surface area contributed by atoms with Gasteiger partial charge in [-0.3, -0.25) is 0 Å². The number of benzene rings is 2. The molecule has 0 spiro atoms. The van der Waals surface area contributed by atoms with E-state index in [1.54, 1.807) is 36.4 Å². The molecule has 6 nitrogen and oxygen atoms in total. The van der Waals surface area contributed by atoms with Gasteiger partial charge in [0.25, 0.3) is 0 Å². The largest absolute Gasteiger partial charge is 0.502 e. The fourth-order valence-corrected chi connectivity index (χ4v) is 3.14. The number of aliphatic hydroxyl groups excluding tert-OH is 2. The molecule has 0 aliphatic carbocycles. The highest BCUT2D eigenvalue weighted by molar-refractivity contribution is 5.70. The van der Waals surface area contributed by atoms with E-state index in [2.05, 4.69) is 0 Å². The number of methoxy groups -OCH3 is 2. The normalized spacial score (nSPS) is 20.9. The Morgan fingerprint density at radius 1 is 1.04 bits per heavy atom. The fourth-order valence-electron chi connectivity index (χ4n) is 3.14. The molecular formula is C21H24O6. The Labute approximate surface area is 158 Å². The molecule has 0 amide bonds. The third-order valence-corrected chi connectivity index (χ3v) is 4.56. The second kappa shape index (κ2) is 8.33. The summed E-state index contributed by atoms with van der Waals surface area (Å²) < 4.78 is 16.5. The van der Waals surface area contributed by atoms with Gasteiger partial charge in [-0.15, -0.1) is 0 Å². The van der Waals surface area contributed by atoms with Crippen molar-refractivity contribution >= 4 is 6.08 Å².